The third kappa shape index (κ3) is 1.91. The van der Waals surface area contributed by atoms with Gasteiger partial charge in [0.2, 0.25) is 0 Å². The highest BCUT2D eigenvalue weighted by Gasteiger charge is 2.58. The monoisotopic (exact) mass is 261 g/mol. The predicted molar refractivity (Wildman–Crippen MR) is 56.4 cm³/mol. The Morgan fingerprint density at radius 2 is 1.67 bits per heavy atom. The molecule has 0 fully saturated rings. The summed E-state index contributed by atoms with van der Waals surface area (Å²) in [5.74, 6) is -4.86. The van der Waals surface area contributed by atoms with Crippen LogP contribution in [0.2, 0.25) is 0 Å². The maximum absolute atomic E-state index is 13.2. The van der Waals surface area contributed by atoms with Crippen molar-refractivity contribution in [3.05, 3.63) is 41.7 Å². The lowest BCUT2D eigenvalue weighted by Crippen LogP contribution is -2.33. The highest BCUT2D eigenvalue weighted by atomic mass is 19.4. The van der Waals surface area contributed by atoms with Crippen molar-refractivity contribution in [1.82, 2.24) is 4.98 Å². The van der Waals surface area contributed by atoms with Crippen molar-refractivity contribution in [3.8, 4) is 0 Å². The number of halogens is 5. The Balaban J connectivity index is 2.64. The molecule has 2 aromatic rings. The number of pyridine rings is 1. The third-order valence-corrected chi connectivity index (χ3v) is 2.68. The molecule has 1 nitrogen and oxygen atoms in total. The van der Waals surface area contributed by atoms with Crippen molar-refractivity contribution in [1.29, 1.82) is 0 Å². The molecule has 0 aliphatic carbocycles. The number of fused-ring (bicyclic) bond motifs is 1. The van der Waals surface area contributed by atoms with E-state index < -0.39 is 17.7 Å². The molecule has 0 bridgehead atoms. The lowest BCUT2D eigenvalue weighted by atomic mass is 10.0. The van der Waals surface area contributed by atoms with E-state index in [1.165, 1.54) is 12.3 Å². The molecule has 1 aromatic carbocycles. The summed E-state index contributed by atoms with van der Waals surface area (Å²) < 4.78 is 63.1. The van der Waals surface area contributed by atoms with E-state index in [1.54, 1.807) is 13.0 Å². The number of benzene rings is 1. The number of rotatable bonds is 1. The van der Waals surface area contributed by atoms with E-state index in [0.29, 0.717) is 16.5 Å². The van der Waals surface area contributed by atoms with Crippen molar-refractivity contribution in [3.63, 3.8) is 0 Å². The highest BCUT2D eigenvalue weighted by Crippen LogP contribution is 2.44. The number of aromatic nitrogens is 1. The minimum atomic E-state index is -5.60. The van der Waals surface area contributed by atoms with Gasteiger partial charge in [-0.25, -0.2) is 0 Å². The molecule has 1 heterocycles. The maximum atomic E-state index is 13.2. The van der Waals surface area contributed by atoms with Crippen LogP contribution in [0.25, 0.3) is 10.8 Å². The van der Waals surface area contributed by atoms with E-state index in [2.05, 4.69) is 4.98 Å². The Labute approximate surface area is 99.3 Å². The summed E-state index contributed by atoms with van der Waals surface area (Å²) in [5, 5.41) is 0.864. The van der Waals surface area contributed by atoms with Crippen LogP contribution in [-0.4, -0.2) is 11.2 Å². The zero-order chi connectivity index (χ0) is 13.6. The summed E-state index contributed by atoms with van der Waals surface area (Å²) in [4.78, 5) is 3.87. The van der Waals surface area contributed by atoms with Gasteiger partial charge >= 0.3 is 12.1 Å². The van der Waals surface area contributed by atoms with Crippen LogP contribution in [0.1, 0.15) is 11.3 Å². The fourth-order valence-electron chi connectivity index (χ4n) is 1.67. The molecular formula is C12H8F5N. The third-order valence-electron chi connectivity index (χ3n) is 2.68. The van der Waals surface area contributed by atoms with Gasteiger partial charge in [0, 0.05) is 22.8 Å². The number of hydrogen-bond donors (Lipinski definition) is 0. The minimum absolute atomic E-state index is 0.291. The molecule has 0 saturated carbocycles. The Bertz CT molecular complexity index is 589. The van der Waals surface area contributed by atoms with Gasteiger partial charge < -0.3 is 0 Å². The highest BCUT2D eigenvalue weighted by molar-refractivity contribution is 5.85. The number of hydrogen-bond acceptors (Lipinski definition) is 1. The first-order valence-corrected chi connectivity index (χ1v) is 5.04. The van der Waals surface area contributed by atoms with Crippen molar-refractivity contribution in [2.45, 2.75) is 19.0 Å². The zero-order valence-corrected chi connectivity index (χ0v) is 9.22. The summed E-state index contributed by atoms with van der Waals surface area (Å²) in [5.41, 5.74) is -0.661. The van der Waals surface area contributed by atoms with Gasteiger partial charge in [0.1, 0.15) is 0 Å². The Morgan fingerprint density at radius 3 is 2.28 bits per heavy atom. The molecule has 0 spiro atoms. The SMILES string of the molecule is Cc1nccc2ccc(C(F)(F)C(F)(F)F)cc12. The first-order chi connectivity index (χ1) is 8.23. The van der Waals surface area contributed by atoms with Crippen LogP contribution < -0.4 is 0 Å². The van der Waals surface area contributed by atoms with Gasteiger partial charge in [0.05, 0.1) is 0 Å². The average Bonchev–Trinajstić information content (AvgIpc) is 2.27. The Kier molecular flexibility index (Phi) is 2.76. The fourth-order valence-corrected chi connectivity index (χ4v) is 1.67. The Hall–Kier alpha value is -1.72. The molecule has 6 heteroatoms. The van der Waals surface area contributed by atoms with Crippen LogP contribution in [0.3, 0.4) is 0 Å². The van der Waals surface area contributed by atoms with Crippen LogP contribution >= 0.6 is 0 Å². The second-order valence-corrected chi connectivity index (χ2v) is 3.90. The predicted octanol–water partition coefficient (Wildman–Crippen LogP) is 4.20. The minimum Gasteiger partial charge on any atom is -0.261 e. The molecule has 0 aliphatic heterocycles. The number of nitrogens with zero attached hydrogens (tertiary/aromatic N) is 1. The topological polar surface area (TPSA) is 12.9 Å². The second-order valence-electron chi connectivity index (χ2n) is 3.90. The largest absolute Gasteiger partial charge is 0.458 e. The van der Waals surface area contributed by atoms with Gasteiger partial charge in [-0.2, -0.15) is 22.0 Å². The van der Waals surface area contributed by atoms with Crippen LogP contribution in [0.15, 0.2) is 30.5 Å². The second kappa shape index (κ2) is 3.90. The summed E-state index contributed by atoms with van der Waals surface area (Å²) in [6.07, 6.45) is -4.13. The number of aryl methyl sites for hydroxylation is 1. The van der Waals surface area contributed by atoms with E-state index in [4.69, 9.17) is 0 Å². The van der Waals surface area contributed by atoms with E-state index in [9.17, 15) is 22.0 Å². The van der Waals surface area contributed by atoms with E-state index >= 15 is 0 Å². The smallest absolute Gasteiger partial charge is 0.261 e. The van der Waals surface area contributed by atoms with Crippen molar-refractivity contribution < 1.29 is 22.0 Å². The summed E-state index contributed by atoms with van der Waals surface area (Å²) in [7, 11) is 0. The van der Waals surface area contributed by atoms with Gasteiger partial charge in [-0.15, -0.1) is 0 Å². The Morgan fingerprint density at radius 1 is 1.00 bits per heavy atom. The molecule has 0 atom stereocenters. The first kappa shape index (κ1) is 12.7. The van der Waals surface area contributed by atoms with Crippen molar-refractivity contribution in [2.24, 2.45) is 0 Å². The van der Waals surface area contributed by atoms with Gasteiger partial charge in [-0.05, 0) is 24.4 Å². The molecule has 0 amide bonds. The summed E-state index contributed by atoms with van der Waals surface area (Å²) in [6.45, 7) is 1.55. The van der Waals surface area contributed by atoms with Crippen LogP contribution in [0, 0.1) is 6.92 Å². The van der Waals surface area contributed by atoms with Crippen LogP contribution in [0.5, 0.6) is 0 Å². The van der Waals surface area contributed by atoms with Crippen molar-refractivity contribution in [2.75, 3.05) is 0 Å². The molecule has 0 radical (unpaired) electrons. The van der Waals surface area contributed by atoms with Crippen LogP contribution in [0.4, 0.5) is 22.0 Å². The van der Waals surface area contributed by atoms with E-state index in [0.717, 1.165) is 12.1 Å². The molecular weight excluding hydrogens is 253 g/mol. The molecule has 0 N–H and O–H groups in total. The zero-order valence-electron chi connectivity index (χ0n) is 9.22. The molecule has 0 unspecified atom stereocenters. The molecule has 18 heavy (non-hydrogen) atoms. The molecule has 0 aliphatic rings. The summed E-state index contributed by atoms with van der Waals surface area (Å²) >= 11 is 0. The average molecular weight is 261 g/mol. The number of alkyl halides is 5. The molecule has 2 rings (SSSR count). The maximum Gasteiger partial charge on any atom is 0.458 e. The quantitative estimate of drug-likeness (QED) is 0.701. The van der Waals surface area contributed by atoms with E-state index in [1.807, 2.05) is 0 Å². The lowest BCUT2D eigenvalue weighted by molar-refractivity contribution is -0.289. The van der Waals surface area contributed by atoms with Gasteiger partial charge in [-0.1, -0.05) is 12.1 Å². The molecule has 0 saturated heterocycles. The first-order valence-electron chi connectivity index (χ1n) is 5.04. The van der Waals surface area contributed by atoms with E-state index in [-0.39, 0.29) is 0 Å². The standard InChI is InChI=1S/C12H8F5N/c1-7-10-6-9(11(13,14)12(15,16)17)3-2-8(10)4-5-18-7/h2-6H,1H3. The molecule has 1 aromatic heterocycles. The van der Waals surface area contributed by atoms with Crippen LogP contribution in [-0.2, 0) is 5.92 Å². The fraction of sp³-hybridized carbons (Fsp3) is 0.250. The van der Waals surface area contributed by atoms with Crippen molar-refractivity contribution >= 4 is 10.8 Å². The van der Waals surface area contributed by atoms with Gasteiger partial charge in [0.25, 0.3) is 0 Å². The van der Waals surface area contributed by atoms with Gasteiger partial charge in [-0.3, -0.25) is 4.98 Å². The summed E-state index contributed by atoms with van der Waals surface area (Å²) in [6, 6.07) is 4.41. The molecule has 96 valence electrons. The van der Waals surface area contributed by atoms with Gasteiger partial charge in [0.15, 0.2) is 0 Å². The normalized spacial score (nSPS) is 13.0. The lowest BCUT2D eigenvalue weighted by Gasteiger charge is -2.20.